The average Bonchev–Trinajstić information content (AvgIpc) is 2.74. The highest BCUT2D eigenvalue weighted by atomic mass is 35.5. The zero-order chi connectivity index (χ0) is 24.1. The van der Waals surface area contributed by atoms with Crippen molar-refractivity contribution < 1.29 is 27.1 Å². The van der Waals surface area contributed by atoms with Crippen molar-refractivity contribution in [2.75, 3.05) is 12.9 Å². The van der Waals surface area contributed by atoms with Gasteiger partial charge >= 0.3 is 5.97 Å². The number of halogens is 3. The Bertz CT molecular complexity index is 818. The summed E-state index contributed by atoms with van der Waals surface area (Å²) in [5, 5.41) is 2.34. The highest BCUT2D eigenvalue weighted by Crippen LogP contribution is 2.25. The molecule has 1 amide bonds. The van der Waals surface area contributed by atoms with Crippen molar-refractivity contribution in [3.8, 4) is 0 Å². The topological polar surface area (TPSA) is 89.5 Å². The first kappa shape index (κ1) is 28.7. The van der Waals surface area contributed by atoms with E-state index in [1.807, 2.05) is 0 Å². The van der Waals surface area contributed by atoms with Crippen LogP contribution in [0.4, 0.5) is 4.39 Å². The Hall–Kier alpha value is -1.38. The molecule has 1 aromatic rings. The van der Waals surface area contributed by atoms with Gasteiger partial charge in [0.1, 0.15) is 12.8 Å². The van der Waals surface area contributed by atoms with Gasteiger partial charge in [0.15, 0.2) is 14.7 Å². The number of hydrogen-bond donors (Lipinski definition) is 1. The summed E-state index contributed by atoms with van der Waals surface area (Å²) in [6.45, 7) is 1.10. The van der Waals surface area contributed by atoms with Crippen LogP contribution in [0.15, 0.2) is 29.2 Å². The lowest BCUT2D eigenvalue weighted by Crippen LogP contribution is -2.44. The third-order valence-corrected chi connectivity index (χ3v) is 6.46. The molecule has 10 heteroatoms. The number of alkyl halides is 3. The Labute approximate surface area is 200 Å². The van der Waals surface area contributed by atoms with E-state index in [1.165, 1.54) is 43.5 Å². The molecule has 0 radical (unpaired) electrons. The van der Waals surface area contributed by atoms with Gasteiger partial charge in [-0.15, -0.1) is 0 Å². The van der Waals surface area contributed by atoms with Gasteiger partial charge in [0.25, 0.3) is 5.91 Å². The molecule has 0 saturated carbocycles. The second-order valence-electron chi connectivity index (χ2n) is 7.69. The first-order valence-corrected chi connectivity index (χ1v) is 13.5. The number of nitrogens with one attached hydrogen (secondary N) is 1. The summed E-state index contributed by atoms with van der Waals surface area (Å²) < 4.78 is 42.7. The summed E-state index contributed by atoms with van der Waals surface area (Å²) in [6.07, 6.45) is 7.27. The summed E-state index contributed by atoms with van der Waals surface area (Å²) in [6, 6.07) is 4.30. The summed E-state index contributed by atoms with van der Waals surface area (Å²) in [4.78, 5) is 23.0. The van der Waals surface area contributed by atoms with Crippen LogP contribution in [0, 0.1) is 0 Å². The van der Waals surface area contributed by atoms with E-state index in [0.29, 0.717) is 12.0 Å². The third kappa shape index (κ3) is 10.5. The Kier molecular flexibility index (Phi) is 13.2. The fourth-order valence-corrected chi connectivity index (χ4v) is 3.91. The normalized spacial score (nSPS) is 13.6. The molecular weight excluding hydrogens is 480 g/mol. The first-order valence-electron chi connectivity index (χ1n) is 10.7. The second-order valence-corrected chi connectivity index (χ2v) is 10.8. The molecule has 0 aliphatic rings. The molecule has 0 heterocycles. The number of carbonyl (C=O) groups is 2. The summed E-state index contributed by atoms with van der Waals surface area (Å²) in [7, 11) is -3.43. The summed E-state index contributed by atoms with van der Waals surface area (Å²) in [5.74, 6) is -1.35. The maximum Gasteiger partial charge on any atom is 0.306 e. The van der Waals surface area contributed by atoms with Crippen LogP contribution in [0.3, 0.4) is 0 Å². The maximum atomic E-state index is 13.8. The summed E-state index contributed by atoms with van der Waals surface area (Å²) in [5.41, 5.74) is 0.342. The lowest BCUT2D eigenvalue weighted by molar-refractivity contribution is -0.152. The minimum atomic E-state index is -3.43. The van der Waals surface area contributed by atoms with E-state index in [-0.39, 0.29) is 11.3 Å². The molecule has 1 rings (SSSR count). The van der Waals surface area contributed by atoms with Gasteiger partial charge in [0.2, 0.25) is 0 Å². The smallest absolute Gasteiger partial charge is 0.306 e. The number of carbonyl (C=O) groups excluding carboxylic acids is 2. The van der Waals surface area contributed by atoms with Crippen molar-refractivity contribution in [2.45, 2.75) is 80.2 Å². The maximum absolute atomic E-state index is 13.8. The minimum absolute atomic E-state index is 0.0665. The van der Waals surface area contributed by atoms with Gasteiger partial charge in [-0.1, -0.05) is 80.8 Å². The number of rotatable bonds is 15. The van der Waals surface area contributed by atoms with Gasteiger partial charge in [-0.2, -0.15) is 0 Å². The SMILES string of the molecule is CCCCCCCCCC(=O)O[C@H](c1ccc(S(C)(=O)=O)cc1)C(CF)NC(=O)C(Cl)Cl. The van der Waals surface area contributed by atoms with Crippen LogP contribution in [0.2, 0.25) is 0 Å². The molecule has 182 valence electrons. The van der Waals surface area contributed by atoms with Gasteiger partial charge in [-0.05, 0) is 24.1 Å². The quantitative estimate of drug-likeness (QED) is 0.201. The van der Waals surface area contributed by atoms with Crippen LogP contribution in [-0.2, 0) is 24.2 Å². The molecule has 0 aromatic heterocycles. The van der Waals surface area contributed by atoms with Gasteiger partial charge in [-0.25, -0.2) is 12.8 Å². The Morgan fingerprint density at radius 2 is 1.59 bits per heavy atom. The third-order valence-electron chi connectivity index (χ3n) is 4.94. The second kappa shape index (κ2) is 14.7. The average molecular weight is 512 g/mol. The predicted molar refractivity (Wildman–Crippen MR) is 124 cm³/mol. The molecule has 6 nitrogen and oxygen atoms in total. The molecule has 1 unspecified atom stereocenters. The van der Waals surface area contributed by atoms with Crippen molar-refractivity contribution in [1.29, 1.82) is 0 Å². The highest BCUT2D eigenvalue weighted by molar-refractivity contribution is 7.90. The van der Waals surface area contributed by atoms with Crippen molar-refractivity contribution >= 4 is 44.9 Å². The first-order chi connectivity index (χ1) is 15.1. The fraction of sp³-hybridized carbons (Fsp3) is 0.636. The van der Waals surface area contributed by atoms with E-state index < -0.39 is 45.4 Å². The number of sulfone groups is 1. The molecule has 0 aliphatic carbocycles. The van der Waals surface area contributed by atoms with Crippen molar-refractivity contribution in [2.24, 2.45) is 0 Å². The largest absolute Gasteiger partial charge is 0.455 e. The Balaban J connectivity index is 2.88. The van der Waals surface area contributed by atoms with E-state index in [0.717, 1.165) is 25.5 Å². The van der Waals surface area contributed by atoms with Crippen molar-refractivity contribution in [3.63, 3.8) is 0 Å². The summed E-state index contributed by atoms with van der Waals surface area (Å²) >= 11 is 11.1. The van der Waals surface area contributed by atoms with E-state index in [1.54, 1.807) is 0 Å². The molecule has 0 spiro atoms. The number of esters is 1. The van der Waals surface area contributed by atoms with Gasteiger partial charge in [0.05, 0.1) is 10.9 Å². The van der Waals surface area contributed by atoms with Crippen molar-refractivity contribution in [3.05, 3.63) is 29.8 Å². The van der Waals surface area contributed by atoms with Crippen molar-refractivity contribution in [1.82, 2.24) is 5.32 Å². The predicted octanol–water partition coefficient (Wildman–Crippen LogP) is 5.07. The molecule has 32 heavy (non-hydrogen) atoms. The van der Waals surface area contributed by atoms with Gasteiger partial charge in [0, 0.05) is 12.7 Å². The molecule has 0 saturated heterocycles. The zero-order valence-corrected chi connectivity index (χ0v) is 20.8. The number of amides is 1. The molecule has 0 bridgehead atoms. The van der Waals surface area contributed by atoms with Crippen LogP contribution < -0.4 is 5.32 Å². The standard InChI is InChI=1S/C22H32Cl2FNO5S/c1-3-4-5-6-7-8-9-10-19(27)31-20(18(15-25)26-22(28)21(23)24)16-11-13-17(14-12-16)32(2,29)30/h11-14,18,20-21H,3-10,15H2,1-2H3,(H,26,28)/t18?,20-/m1/s1. The lowest BCUT2D eigenvalue weighted by Gasteiger charge is -2.27. The van der Waals surface area contributed by atoms with Crippen LogP contribution >= 0.6 is 23.2 Å². The molecule has 1 N–H and O–H groups in total. The van der Waals surface area contributed by atoms with E-state index in [2.05, 4.69) is 12.2 Å². The fourth-order valence-electron chi connectivity index (χ4n) is 3.16. The molecule has 1 aromatic carbocycles. The Morgan fingerprint density at radius 1 is 1.03 bits per heavy atom. The van der Waals surface area contributed by atoms with E-state index >= 15 is 0 Å². The lowest BCUT2D eigenvalue weighted by atomic mass is 10.0. The molecule has 0 fully saturated rings. The number of ether oxygens (including phenoxy) is 1. The van der Waals surface area contributed by atoms with E-state index in [4.69, 9.17) is 27.9 Å². The molecular formula is C22H32Cl2FNO5S. The van der Waals surface area contributed by atoms with Gasteiger partial charge < -0.3 is 10.1 Å². The highest BCUT2D eigenvalue weighted by Gasteiger charge is 2.30. The zero-order valence-electron chi connectivity index (χ0n) is 18.5. The van der Waals surface area contributed by atoms with E-state index in [9.17, 15) is 22.4 Å². The van der Waals surface area contributed by atoms with Crippen LogP contribution in [0.5, 0.6) is 0 Å². The monoisotopic (exact) mass is 511 g/mol. The van der Waals surface area contributed by atoms with Crippen LogP contribution in [-0.4, -0.2) is 44.1 Å². The number of unbranched alkanes of at least 4 members (excludes halogenated alkanes) is 6. The van der Waals surface area contributed by atoms with Crippen LogP contribution in [0.25, 0.3) is 0 Å². The molecule has 2 atom stereocenters. The van der Waals surface area contributed by atoms with Crippen LogP contribution in [0.1, 0.15) is 70.0 Å². The Morgan fingerprint density at radius 3 is 2.09 bits per heavy atom. The minimum Gasteiger partial charge on any atom is -0.455 e. The number of benzene rings is 1. The van der Waals surface area contributed by atoms with Gasteiger partial charge in [-0.3, -0.25) is 9.59 Å². The molecule has 0 aliphatic heterocycles. The number of hydrogen-bond acceptors (Lipinski definition) is 5.